The molecule has 128 valence electrons. The van der Waals surface area contributed by atoms with Crippen molar-refractivity contribution in [3.63, 3.8) is 0 Å². The third-order valence-electron chi connectivity index (χ3n) is 3.72. The minimum atomic E-state index is -0.496. The molecular weight excluding hydrogens is 357 g/mol. The van der Waals surface area contributed by atoms with Crippen molar-refractivity contribution >= 4 is 29.0 Å². The van der Waals surface area contributed by atoms with Crippen LogP contribution < -0.4 is 5.32 Å². The Labute approximate surface area is 152 Å². The third-order valence-corrected chi connectivity index (χ3v) is 4.04. The smallest absolute Gasteiger partial charge is 0.277 e. The minimum absolute atomic E-state index is 0.167. The van der Waals surface area contributed by atoms with Crippen molar-refractivity contribution in [1.82, 2.24) is 19.6 Å². The molecule has 3 aromatic heterocycles. The average molecular weight is 368 g/mol. The van der Waals surface area contributed by atoms with Gasteiger partial charge in [0.1, 0.15) is 11.6 Å². The molecule has 0 saturated heterocycles. The Bertz CT molecular complexity index is 1090. The van der Waals surface area contributed by atoms with Crippen LogP contribution in [0.15, 0.2) is 60.9 Å². The molecule has 0 bridgehead atoms. The Morgan fingerprint density at radius 2 is 1.96 bits per heavy atom. The quantitative estimate of drug-likeness (QED) is 0.597. The lowest BCUT2D eigenvalue weighted by Gasteiger charge is -2.07. The Morgan fingerprint density at radius 1 is 1.08 bits per heavy atom. The molecule has 6 nitrogen and oxygen atoms in total. The Balaban J connectivity index is 1.77. The van der Waals surface area contributed by atoms with Gasteiger partial charge in [-0.15, -0.1) is 0 Å². The number of fused-ring (bicyclic) bond motifs is 1. The zero-order valence-corrected chi connectivity index (χ0v) is 14.0. The molecule has 4 rings (SSSR count). The highest BCUT2D eigenvalue weighted by molar-refractivity contribution is 6.33. The zero-order valence-electron chi connectivity index (χ0n) is 13.2. The summed E-state index contributed by atoms with van der Waals surface area (Å²) in [5.74, 6) is -0.523. The van der Waals surface area contributed by atoms with Crippen molar-refractivity contribution in [2.24, 2.45) is 0 Å². The van der Waals surface area contributed by atoms with E-state index >= 15 is 0 Å². The fraction of sp³-hybridized carbons (Fsp3) is 0. The van der Waals surface area contributed by atoms with Crippen molar-refractivity contribution in [3.8, 4) is 11.3 Å². The average Bonchev–Trinajstić information content (AvgIpc) is 3.06. The van der Waals surface area contributed by atoms with Gasteiger partial charge in [-0.25, -0.2) is 18.9 Å². The molecule has 3 heterocycles. The van der Waals surface area contributed by atoms with Crippen LogP contribution in [0.1, 0.15) is 10.5 Å². The van der Waals surface area contributed by atoms with Crippen LogP contribution >= 0.6 is 11.6 Å². The molecule has 0 atom stereocenters. The number of anilines is 1. The van der Waals surface area contributed by atoms with E-state index in [1.807, 2.05) is 0 Å². The van der Waals surface area contributed by atoms with Gasteiger partial charge < -0.3 is 5.32 Å². The molecule has 4 aromatic rings. The number of nitrogens with zero attached hydrogens (tertiary/aromatic N) is 4. The highest BCUT2D eigenvalue weighted by Gasteiger charge is 2.17. The normalized spacial score (nSPS) is 10.8. The van der Waals surface area contributed by atoms with Crippen LogP contribution in [0.3, 0.4) is 0 Å². The second-order valence-electron chi connectivity index (χ2n) is 5.40. The number of carbonyl (C=O) groups is 1. The molecule has 0 aliphatic heterocycles. The van der Waals surface area contributed by atoms with Gasteiger partial charge >= 0.3 is 0 Å². The number of carbonyl (C=O) groups excluding carboxylic acids is 1. The van der Waals surface area contributed by atoms with E-state index in [9.17, 15) is 9.18 Å². The molecule has 8 heteroatoms. The maximum atomic E-state index is 14.2. The van der Waals surface area contributed by atoms with Gasteiger partial charge in [-0.3, -0.25) is 4.79 Å². The minimum Gasteiger partial charge on any atom is -0.305 e. The molecule has 1 aromatic carbocycles. The maximum Gasteiger partial charge on any atom is 0.277 e. The molecule has 0 fully saturated rings. The van der Waals surface area contributed by atoms with E-state index in [-0.39, 0.29) is 16.3 Å². The number of hydrogen-bond donors (Lipinski definition) is 1. The summed E-state index contributed by atoms with van der Waals surface area (Å²) < 4.78 is 15.5. The van der Waals surface area contributed by atoms with Gasteiger partial charge in [-0.05, 0) is 36.4 Å². The lowest BCUT2D eigenvalue weighted by molar-refractivity contribution is 0.102. The summed E-state index contributed by atoms with van der Waals surface area (Å²) in [7, 11) is 0. The molecule has 0 saturated carbocycles. The Kier molecular flexibility index (Phi) is 4.06. The van der Waals surface area contributed by atoms with Crippen molar-refractivity contribution in [2.75, 3.05) is 5.32 Å². The first-order valence-corrected chi connectivity index (χ1v) is 8.03. The molecule has 26 heavy (non-hydrogen) atoms. The summed E-state index contributed by atoms with van der Waals surface area (Å²) in [4.78, 5) is 20.7. The molecule has 1 amide bonds. The van der Waals surface area contributed by atoms with Gasteiger partial charge in [0, 0.05) is 6.20 Å². The second-order valence-corrected chi connectivity index (χ2v) is 5.80. The molecule has 0 radical (unpaired) electrons. The van der Waals surface area contributed by atoms with E-state index in [1.165, 1.54) is 22.8 Å². The molecule has 0 aliphatic carbocycles. The van der Waals surface area contributed by atoms with E-state index < -0.39 is 11.7 Å². The van der Waals surface area contributed by atoms with Crippen LogP contribution in [0, 0.1) is 5.82 Å². The van der Waals surface area contributed by atoms with Crippen molar-refractivity contribution < 1.29 is 9.18 Å². The van der Waals surface area contributed by atoms with Gasteiger partial charge in [0.05, 0.1) is 22.5 Å². The van der Waals surface area contributed by atoms with Gasteiger partial charge in [0.2, 0.25) is 0 Å². The number of nitrogens with one attached hydrogen (secondary N) is 1. The lowest BCUT2D eigenvalue weighted by atomic mass is 10.1. The van der Waals surface area contributed by atoms with Gasteiger partial charge in [-0.1, -0.05) is 23.7 Å². The Morgan fingerprint density at radius 3 is 2.73 bits per heavy atom. The standard InChI is InChI=1S/C18H11ClFN5O/c19-11-4-3-5-12(20)17(11)13-7-8-16-22-10-14(25(16)24-13)18(26)23-15-6-1-2-9-21-15/h1-10H,(H,21,23,26). The first-order valence-electron chi connectivity index (χ1n) is 7.65. The molecule has 1 N–H and O–H groups in total. The maximum absolute atomic E-state index is 14.2. The van der Waals surface area contributed by atoms with Gasteiger partial charge in [0.25, 0.3) is 5.91 Å². The highest BCUT2D eigenvalue weighted by Crippen LogP contribution is 2.29. The topological polar surface area (TPSA) is 72.2 Å². The SMILES string of the molecule is O=C(Nc1ccccn1)c1cnc2ccc(-c3c(F)cccc3Cl)nn12. The van der Waals surface area contributed by atoms with Gasteiger partial charge in [-0.2, -0.15) is 5.10 Å². The van der Waals surface area contributed by atoms with Crippen molar-refractivity contribution in [3.05, 3.63) is 77.5 Å². The van der Waals surface area contributed by atoms with Crippen LogP contribution in [0.2, 0.25) is 5.02 Å². The first kappa shape index (κ1) is 16.2. The predicted molar refractivity (Wildman–Crippen MR) is 95.6 cm³/mol. The zero-order chi connectivity index (χ0) is 18.1. The van der Waals surface area contributed by atoms with E-state index in [1.54, 1.807) is 42.6 Å². The number of aromatic nitrogens is 4. The van der Waals surface area contributed by atoms with E-state index in [4.69, 9.17) is 11.6 Å². The monoisotopic (exact) mass is 367 g/mol. The second kappa shape index (κ2) is 6.53. The number of amides is 1. The third kappa shape index (κ3) is 2.89. The molecule has 0 unspecified atom stereocenters. The van der Waals surface area contributed by atoms with E-state index in [0.717, 1.165) is 0 Å². The summed E-state index contributed by atoms with van der Waals surface area (Å²) in [6.45, 7) is 0. The molecular formula is C18H11ClFN5O. The number of rotatable bonds is 3. The number of halogens is 2. The van der Waals surface area contributed by atoms with Crippen molar-refractivity contribution in [2.45, 2.75) is 0 Å². The number of imidazole rings is 1. The van der Waals surface area contributed by atoms with Crippen LogP contribution in [0.5, 0.6) is 0 Å². The summed E-state index contributed by atoms with van der Waals surface area (Å²) in [5, 5.41) is 7.24. The lowest BCUT2D eigenvalue weighted by Crippen LogP contribution is -2.16. The summed E-state index contributed by atoms with van der Waals surface area (Å²) in [6, 6.07) is 12.8. The number of pyridine rings is 1. The van der Waals surface area contributed by atoms with Crippen LogP contribution in [-0.2, 0) is 0 Å². The summed E-state index contributed by atoms with van der Waals surface area (Å²) in [5.41, 5.74) is 1.11. The molecule has 0 aliphatic rings. The van der Waals surface area contributed by atoms with Gasteiger partial charge in [0.15, 0.2) is 11.3 Å². The predicted octanol–water partition coefficient (Wildman–Crippen LogP) is 3.84. The largest absolute Gasteiger partial charge is 0.305 e. The van der Waals surface area contributed by atoms with Crippen LogP contribution in [0.4, 0.5) is 10.2 Å². The van der Waals surface area contributed by atoms with E-state index in [2.05, 4.69) is 20.4 Å². The highest BCUT2D eigenvalue weighted by atomic mass is 35.5. The summed E-state index contributed by atoms with van der Waals surface area (Å²) in [6.07, 6.45) is 2.97. The number of hydrogen-bond acceptors (Lipinski definition) is 4. The number of benzene rings is 1. The van der Waals surface area contributed by atoms with E-state index in [0.29, 0.717) is 17.2 Å². The summed E-state index contributed by atoms with van der Waals surface area (Å²) >= 11 is 6.11. The van der Waals surface area contributed by atoms with Crippen LogP contribution in [0.25, 0.3) is 16.9 Å². The first-order chi connectivity index (χ1) is 12.6. The molecule has 0 spiro atoms. The van der Waals surface area contributed by atoms with Crippen molar-refractivity contribution in [1.29, 1.82) is 0 Å². The fourth-order valence-electron chi connectivity index (χ4n) is 2.52. The van der Waals surface area contributed by atoms with Crippen LogP contribution in [-0.4, -0.2) is 25.5 Å². The Hall–Kier alpha value is -3.32. The fourth-order valence-corrected chi connectivity index (χ4v) is 2.78.